The van der Waals surface area contributed by atoms with E-state index >= 15 is 0 Å². The molecule has 0 spiro atoms. The van der Waals surface area contributed by atoms with E-state index in [0.29, 0.717) is 5.69 Å². The molecule has 0 bridgehead atoms. The smallest absolute Gasteiger partial charge is 0.354 e. The van der Waals surface area contributed by atoms with Gasteiger partial charge in [0.15, 0.2) is 0 Å². The number of nitrogens with zero attached hydrogens (tertiary/aromatic N) is 1. The van der Waals surface area contributed by atoms with E-state index in [-0.39, 0.29) is 5.97 Å². The van der Waals surface area contributed by atoms with Gasteiger partial charge in [-0.2, -0.15) is 5.10 Å². The number of rotatable bonds is 2. The molecule has 2 heterocycles. The average molecular weight is 219 g/mol. The molecule has 0 saturated carbocycles. The number of carbonyl (C=O) groups excluding carboxylic acids is 1. The Kier molecular flexibility index (Phi) is 2.52. The molecule has 0 aliphatic heterocycles. The van der Waals surface area contributed by atoms with Crippen LogP contribution in [0.4, 0.5) is 0 Å². The number of aryl methyl sites for hydroxylation is 2. The van der Waals surface area contributed by atoms with Crippen molar-refractivity contribution in [2.45, 2.75) is 13.8 Å². The SMILES string of the molecule is COC(=O)c1ccc(-c2c(C)n[nH]c2C)[nH]1. The van der Waals surface area contributed by atoms with E-state index in [1.807, 2.05) is 19.9 Å². The zero-order valence-corrected chi connectivity index (χ0v) is 9.42. The molecule has 0 unspecified atom stereocenters. The second-order valence-electron chi connectivity index (χ2n) is 3.59. The number of carbonyl (C=O) groups is 1. The van der Waals surface area contributed by atoms with Crippen molar-refractivity contribution < 1.29 is 9.53 Å². The van der Waals surface area contributed by atoms with Crippen molar-refractivity contribution in [3.05, 3.63) is 29.2 Å². The summed E-state index contributed by atoms with van der Waals surface area (Å²) in [5, 5.41) is 7.01. The van der Waals surface area contributed by atoms with E-state index < -0.39 is 0 Å². The van der Waals surface area contributed by atoms with Crippen molar-refractivity contribution in [3.8, 4) is 11.3 Å². The molecule has 2 aromatic heterocycles. The summed E-state index contributed by atoms with van der Waals surface area (Å²) < 4.78 is 4.63. The van der Waals surface area contributed by atoms with Crippen LogP contribution in [-0.4, -0.2) is 28.3 Å². The molecule has 0 aliphatic rings. The van der Waals surface area contributed by atoms with Gasteiger partial charge < -0.3 is 9.72 Å². The summed E-state index contributed by atoms with van der Waals surface area (Å²) in [5.74, 6) is -0.370. The highest BCUT2D eigenvalue weighted by Gasteiger charge is 2.13. The van der Waals surface area contributed by atoms with Crippen LogP contribution in [0.25, 0.3) is 11.3 Å². The Bertz CT molecular complexity index is 506. The Morgan fingerprint density at radius 2 is 2.12 bits per heavy atom. The van der Waals surface area contributed by atoms with Gasteiger partial charge in [0, 0.05) is 17.0 Å². The van der Waals surface area contributed by atoms with Gasteiger partial charge in [0.2, 0.25) is 0 Å². The van der Waals surface area contributed by atoms with Gasteiger partial charge in [-0.05, 0) is 26.0 Å². The molecule has 2 aromatic rings. The minimum Gasteiger partial charge on any atom is -0.464 e. The van der Waals surface area contributed by atoms with Crippen molar-refractivity contribution in [2.75, 3.05) is 7.11 Å². The number of hydrogen-bond acceptors (Lipinski definition) is 3. The van der Waals surface area contributed by atoms with Gasteiger partial charge in [-0.25, -0.2) is 4.79 Å². The zero-order valence-electron chi connectivity index (χ0n) is 9.42. The number of H-pyrrole nitrogens is 2. The van der Waals surface area contributed by atoms with Crippen LogP contribution in [0.3, 0.4) is 0 Å². The van der Waals surface area contributed by atoms with Crippen molar-refractivity contribution >= 4 is 5.97 Å². The quantitative estimate of drug-likeness (QED) is 0.757. The first kappa shape index (κ1) is 10.5. The highest BCUT2D eigenvalue weighted by molar-refractivity contribution is 5.88. The third-order valence-corrected chi connectivity index (χ3v) is 2.49. The molecule has 16 heavy (non-hydrogen) atoms. The topological polar surface area (TPSA) is 70.8 Å². The maximum absolute atomic E-state index is 11.3. The molecule has 0 fully saturated rings. The lowest BCUT2D eigenvalue weighted by Gasteiger charge is -1.98. The van der Waals surface area contributed by atoms with E-state index in [1.165, 1.54) is 7.11 Å². The fourth-order valence-corrected chi connectivity index (χ4v) is 1.72. The third-order valence-electron chi connectivity index (χ3n) is 2.49. The number of esters is 1. The maximum atomic E-state index is 11.3. The lowest BCUT2D eigenvalue weighted by molar-refractivity contribution is 0.0595. The minimum absolute atomic E-state index is 0.370. The molecule has 0 aromatic carbocycles. The number of methoxy groups -OCH3 is 1. The second kappa shape index (κ2) is 3.84. The van der Waals surface area contributed by atoms with Gasteiger partial charge in [0.1, 0.15) is 5.69 Å². The predicted octanol–water partition coefficient (Wildman–Crippen LogP) is 1.81. The Balaban J connectivity index is 2.43. The maximum Gasteiger partial charge on any atom is 0.354 e. The number of hydrogen-bond donors (Lipinski definition) is 2. The van der Waals surface area contributed by atoms with Crippen LogP contribution in [0, 0.1) is 13.8 Å². The fourth-order valence-electron chi connectivity index (χ4n) is 1.72. The summed E-state index contributed by atoms with van der Waals surface area (Å²) in [6.45, 7) is 3.85. The predicted molar refractivity (Wildman–Crippen MR) is 59.2 cm³/mol. The molecular weight excluding hydrogens is 206 g/mol. The van der Waals surface area contributed by atoms with Gasteiger partial charge in [-0.1, -0.05) is 0 Å². The summed E-state index contributed by atoms with van der Waals surface area (Å²) in [6, 6.07) is 3.55. The Labute approximate surface area is 92.8 Å². The Morgan fingerprint density at radius 1 is 1.38 bits per heavy atom. The van der Waals surface area contributed by atoms with Crippen LogP contribution < -0.4 is 0 Å². The van der Waals surface area contributed by atoms with Gasteiger partial charge in [0.05, 0.1) is 12.8 Å². The van der Waals surface area contributed by atoms with E-state index in [9.17, 15) is 4.79 Å². The molecule has 2 N–H and O–H groups in total. The molecular formula is C11H13N3O2. The average Bonchev–Trinajstić information content (AvgIpc) is 2.85. The summed E-state index contributed by atoms with van der Waals surface area (Å²) in [6.07, 6.45) is 0. The molecule has 84 valence electrons. The molecule has 2 rings (SSSR count). The third kappa shape index (κ3) is 1.60. The molecule has 0 amide bonds. The van der Waals surface area contributed by atoms with Crippen LogP contribution in [-0.2, 0) is 4.74 Å². The summed E-state index contributed by atoms with van der Waals surface area (Å²) in [5.41, 5.74) is 4.17. The zero-order chi connectivity index (χ0) is 11.7. The highest BCUT2D eigenvalue weighted by atomic mass is 16.5. The summed E-state index contributed by atoms with van der Waals surface area (Å²) in [4.78, 5) is 14.3. The first-order valence-corrected chi connectivity index (χ1v) is 4.92. The molecule has 0 atom stereocenters. The van der Waals surface area contributed by atoms with Crippen molar-refractivity contribution in [1.29, 1.82) is 0 Å². The van der Waals surface area contributed by atoms with Gasteiger partial charge in [-0.3, -0.25) is 5.10 Å². The van der Waals surface area contributed by atoms with Gasteiger partial charge in [0.25, 0.3) is 0 Å². The van der Waals surface area contributed by atoms with Crippen LogP contribution in [0.5, 0.6) is 0 Å². The first-order valence-electron chi connectivity index (χ1n) is 4.92. The number of nitrogens with one attached hydrogen (secondary N) is 2. The highest BCUT2D eigenvalue weighted by Crippen LogP contribution is 2.24. The Morgan fingerprint density at radius 3 is 2.69 bits per heavy atom. The summed E-state index contributed by atoms with van der Waals surface area (Å²) in [7, 11) is 1.36. The van der Waals surface area contributed by atoms with E-state index in [2.05, 4.69) is 19.9 Å². The lowest BCUT2D eigenvalue weighted by Crippen LogP contribution is -2.01. The monoisotopic (exact) mass is 219 g/mol. The number of aromatic nitrogens is 3. The largest absolute Gasteiger partial charge is 0.464 e. The van der Waals surface area contributed by atoms with Gasteiger partial charge >= 0.3 is 5.97 Å². The van der Waals surface area contributed by atoms with E-state index in [1.54, 1.807) is 6.07 Å². The van der Waals surface area contributed by atoms with Gasteiger partial charge in [-0.15, -0.1) is 0 Å². The molecule has 0 saturated heterocycles. The minimum atomic E-state index is -0.370. The fraction of sp³-hybridized carbons (Fsp3) is 0.273. The van der Waals surface area contributed by atoms with Crippen LogP contribution in [0.2, 0.25) is 0 Å². The number of ether oxygens (including phenoxy) is 1. The molecule has 5 heteroatoms. The Hall–Kier alpha value is -2.04. The van der Waals surface area contributed by atoms with Crippen LogP contribution in [0.15, 0.2) is 12.1 Å². The van der Waals surface area contributed by atoms with E-state index in [0.717, 1.165) is 22.6 Å². The van der Waals surface area contributed by atoms with Crippen LogP contribution >= 0.6 is 0 Å². The molecule has 5 nitrogen and oxygen atoms in total. The van der Waals surface area contributed by atoms with Crippen molar-refractivity contribution in [3.63, 3.8) is 0 Å². The second-order valence-corrected chi connectivity index (χ2v) is 3.59. The first-order chi connectivity index (χ1) is 7.63. The van der Waals surface area contributed by atoms with Crippen LogP contribution in [0.1, 0.15) is 21.9 Å². The molecule has 0 aliphatic carbocycles. The number of aromatic amines is 2. The van der Waals surface area contributed by atoms with Crippen molar-refractivity contribution in [2.24, 2.45) is 0 Å². The normalized spacial score (nSPS) is 10.4. The summed E-state index contributed by atoms with van der Waals surface area (Å²) >= 11 is 0. The van der Waals surface area contributed by atoms with Crippen molar-refractivity contribution in [1.82, 2.24) is 15.2 Å². The standard InChI is InChI=1S/C11H13N3O2/c1-6-10(7(2)14-13-6)8-4-5-9(12-8)11(15)16-3/h4-5,12H,1-3H3,(H,13,14). The molecule has 0 radical (unpaired) electrons. The van der Waals surface area contributed by atoms with E-state index in [4.69, 9.17) is 0 Å². The lowest BCUT2D eigenvalue weighted by atomic mass is 10.1.